The minimum absolute atomic E-state index is 0.161. The Morgan fingerprint density at radius 3 is 2.55 bits per heavy atom. The molecule has 0 bridgehead atoms. The van der Waals surface area contributed by atoms with Crippen molar-refractivity contribution < 1.29 is 13.2 Å². The molecule has 0 atom stereocenters. The SMILES string of the molecule is FC(F)(F)c1csc(-c2nccc(-c3ccsc3)n2)n1. The number of thiazole rings is 1. The lowest BCUT2D eigenvalue weighted by atomic mass is 10.2. The fourth-order valence-corrected chi connectivity index (χ4v) is 2.95. The average molecular weight is 313 g/mol. The molecule has 0 unspecified atom stereocenters. The Morgan fingerprint density at radius 1 is 1.05 bits per heavy atom. The average Bonchev–Trinajstić information content (AvgIpc) is 3.10. The molecule has 20 heavy (non-hydrogen) atoms. The summed E-state index contributed by atoms with van der Waals surface area (Å²) in [5.41, 5.74) is 0.660. The maximum Gasteiger partial charge on any atom is 0.434 e. The highest BCUT2D eigenvalue weighted by Crippen LogP contribution is 2.33. The number of nitrogens with zero attached hydrogens (tertiary/aromatic N) is 3. The van der Waals surface area contributed by atoms with E-state index in [1.165, 1.54) is 17.5 Å². The van der Waals surface area contributed by atoms with Crippen molar-refractivity contribution in [1.82, 2.24) is 15.0 Å². The Kier molecular flexibility index (Phi) is 3.27. The standard InChI is InChI=1S/C12H6F3N3S2/c13-12(14,15)9-6-20-11(18-9)10-16-3-1-8(17-10)7-2-4-19-5-7/h1-6H. The van der Waals surface area contributed by atoms with E-state index < -0.39 is 11.9 Å². The van der Waals surface area contributed by atoms with Crippen LogP contribution in [-0.4, -0.2) is 15.0 Å². The zero-order valence-electron chi connectivity index (χ0n) is 9.76. The molecule has 0 aliphatic heterocycles. The van der Waals surface area contributed by atoms with Gasteiger partial charge in [-0.25, -0.2) is 15.0 Å². The zero-order valence-corrected chi connectivity index (χ0v) is 11.4. The van der Waals surface area contributed by atoms with Crippen LogP contribution in [-0.2, 0) is 6.18 Å². The number of aromatic nitrogens is 3. The van der Waals surface area contributed by atoms with Gasteiger partial charge in [0.1, 0.15) is 0 Å². The first-order valence-corrected chi connectivity index (χ1v) is 7.25. The topological polar surface area (TPSA) is 38.7 Å². The van der Waals surface area contributed by atoms with E-state index in [0.717, 1.165) is 22.3 Å². The van der Waals surface area contributed by atoms with Crippen molar-refractivity contribution in [3.05, 3.63) is 40.2 Å². The molecular formula is C12H6F3N3S2. The third kappa shape index (κ3) is 2.56. The molecule has 3 nitrogen and oxygen atoms in total. The molecular weight excluding hydrogens is 307 g/mol. The van der Waals surface area contributed by atoms with Gasteiger partial charge in [-0.1, -0.05) is 0 Å². The van der Waals surface area contributed by atoms with Gasteiger partial charge in [-0.2, -0.15) is 24.5 Å². The lowest BCUT2D eigenvalue weighted by Crippen LogP contribution is -2.05. The summed E-state index contributed by atoms with van der Waals surface area (Å²) in [6.45, 7) is 0. The summed E-state index contributed by atoms with van der Waals surface area (Å²) < 4.78 is 37.6. The number of hydrogen-bond donors (Lipinski definition) is 0. The van der Waals surface area contributed by atoms with Gasteiger partial charge in [0.2, 0.25) is 0 Å². The Labute approximate surface area is 119 Å². The van der Waals surface area contributed by atoms with Crippen LogP contribution in [0, 0.1) is 0 Å². The molecule has 0 aliphatic carbocycles. The van der Waals surface area contributed by atoms with Gasteiger partial charge in [-0.3, -0.25) is 0 Å². The summed E-state index contributed by atoms with van der Waals surface area (Å²) in [5.74, 6) is 0.203. The first-order valence-electron chi connectivity index (χ1n) is 5.43. The number of thiophene rings is 1. The molecule has 0 amide bonds. The predicted molar refractivity (Wildman–Crippen MR) is 71.5 cm³/mol. The van der Waals surface area contributed by atoms with Crippen LogP contribution in [0.3, 0.4) is 0 Å². The summed E-state index contributed by atoms with van der Waals surface area (Å²) in [5, 5.41) is 4.95. The third-order valence-electron chi connectivity index (χ3n) is 2.46. The normalized spacial score (nSPS) is 11.8. The van der Waals surface area contributed by atoms with Crippen LogP contribution in [0.2, 0.25) is 0 Å². The second-order valence-corrected chi connectivity index (χ2v) is 5.45. The Hall–Kier alpha value is -1.80. The van der Waals surface area contributed by atoms with Crippen LogP contribution in [0.5, 0.6) is 0 Å². The third-order valence-corrected chi connectivity index (χ3v) is 3.98. The molecule has 0 aromatic carbocycles. The molecule has 0 saturated heterocycles. The molecule has 3 rings (SSSR count). The number of rotatable bonds is 2. The molecule has 0 radical (unpaired) electrons. The Balaban J connectivity index is 1.99. The van der Waals surface area contributed by atoms with E-state index in [1.807, 2.05) is 16.8 Å². The molecule has 0 aliphatic rings. The van der Waals surface area contributed by atoms with E-state index in [2.05, 4.69) is 15.0 Å². The fraction of sp³-hybridized carbons (Fsp3) is 0.0833. The fourth-order valence-electron chi connectivity index (χ4n) is 1.54. The second-order valence-electron chi connectivity index (χ2n) is 3.81. The van der Waals surface area contributed by atoms with Gasteiger partial charge in [0.05, 0.1) is 5.69 Å². The molecule has 3 heterocycles. The van der Waals surface area contributed by atoms with Crippen LogP contribution in [0.25, 0.3) is 22.1 Å². The minimum atomic E-state index is -4.44. The van der Waals surface area contributed by atoms with Crippen molar-refractivity contribution in [2.75, 3.05) is 0 Å². The zero-order chi connectivity index (χ0) is 14.2. The number of halogens is 3. The van der Waals surface area contributed by atoms with E-state index in [1.54, 1.807) is 6.07 Å². The quantitative estimate of drug-likeness (QED) is 0.706. The lowest BCUT2D eigenvalue weighted by molar-refractivity contribution is -0.140. The van der Waals surface area contributed by atoms with E-state index in [-0.39, 0.29) is 10.8 Å². The number of alkyl halides is 3. The van der Waals surface area contributed by atoms with Crippen molar-refractivity contribution in [2.24, 2.45) is 0 Å². The van der Waals surface area contributed by atoms with Gasteiger partial charge >= 0.3 is 6.18 Å². The molecule has 102 valence electrons. The Bertz CT molecular complexity index is 720. The first kappa shape index (κ1) is 13.2. The minimum Gasteiger partial charge on any atom is -0.234 e. The van der Waals surface area contributed by atoms with Gasteiger partial charge in [0.15, 0.2) is 16.5 Å². The van der Waals surface area contributed by atoms with Gasteiger partial charge < -0.3 is 0 Å². The van der Waals surface area contributed by atoms with Gasteiger partial charge in [-0.15, -0.1) is 11.3 Å². The molecule has 0 spiro atoms. The highest BCUT2D eigenvalue weighted by atomic mass is 32.1. The maximum atomic E-state index is 12.5. The highest BCUT2D eigenvalue weighted by Gasteiger charge is 2.34. The molecule has 0 saturated carbocycles. The van der Waals surface area contributed by atoms with E-state index in [0.29, 0.717) is 5.69 Å². The van der Waals surface area contributed by atoms with Crippen molar-refractivity contribution in [1.29, 1.82) is 0 Å². The van der Waals surface area contributed by atoms with Gasteiger partial charge in [-0.05, 0) is 17.5 Å². The van der Waals surface area contributed by atoms with Crippen LogP contribution in [0.4, 0.5) is 13.2 Å². The maximum absolute atomic E-state index is 12.5. The summed E-state index contributed by atoms with van der Waals surface area (Å²) in [7, 11) is 0. The van der Waals surface area contributed by atoms with Crippen LogP contribution < -0.4 is 0 Å². The van der Waals surface area contributed by atoms with Crippen LogP contribution >= 0.6 is 22.7 Å². The van der Waals surface area contributed by atoms with Crippen molar-refractivity contribution in [3.63, 3.8) is 0 Å². The van der Waals surface area contributed by atoms with Crippen LogP contribution in [0.15, 0.2) is 34.5 Å². The summed E-state index contributed by atoms with van der Waals surface area (Å²) in [4.78, 5) is 11.8. The van der Waals surface area contributed by atoms with Crippen molar-refractivity contribution in [2.45, 2.75) is 6.18 Å². The summed E-state index contributed by atoms with van der Waals surface area (Å²) in [6.07, 6.45) is -2.93. The van der Waals surface area contributed by atoms with E-state index >= 15 is 0 Å². The summed E-state index contributed by atoms with van der Waals surface area (Å²) >= 11 is 2.40. The van der Waals surface area contributed by atoms with Crippen molar-refractivity contribution in [3.8, 4) is 22.1 Å². The highest BCUT2D eigenvalue weighted by molar-refractivity contribution is 7.13. The Morgan fingerprint density at radius 2 is 1.90 bits per heavy atom. The first-order chi connectivity index (χ1) is 9.54. The van der Waals surface area contributed by atoms with Gasteiger partial charge in [0, 0.05) is 22.5 Å². The smallest absolute Gasteiger partial charge is 0.234 e. The lowest BCUT2D eigenvalue weighted by Gasteiger charge is -2.01. The van der Waals surface area contributed by atoms with Gasteiger partial charge in [0.25, 0.3) is 0 Å². The van der Waals surface area contributed by atoms with Crippen LogP contribution in [0.1, 0.15) is 5.69 Å². The molecule has 0 fully saturated rings. The second kappa shape index (κ2) is 4.95. The molecule has 3 aromatic rings. The van der Waals surface area contributed by atoms with E-state index in [9.17, 15) is 13.2 Å². The van der Waals surface area contributed by atoms with Crippen molar-refractivity contribution >= 4 is 22.7 Å². The predicted octanol–water partition coefficient (Wildman–Crippen LogP) is 4.35. The molecule has 0 N–H and O–H groups in total. The molecule has 3 aromatic heterocycles. The van der Waals surface area contributed by atoms with E-state index in [4.69, 9.17) is 0 Å². The monoisotopic (exact) mass is 313 g/mol. The molecule has 8 heteroatoms. The number of hydrogen-bond acceptors (Lipinski definition) is 5. The summed E-state index contributed by atoms with van der Waals surface area (Å²) in [6, 6.07) is 3.60. The largest absolute Gasteiger partial charge is 0.434 e.